The Balaban J connectivity index is 1.65. The zero-order chi connectivity index (χ0) is 22.5. The number of sulfonamides is 2. The average Bonchev–Trinajstić information content (AvgIpc) is 2.73. The van der Waals surface area contributed by atoms with Gasteiger partial charge < -0.3 is 5.32 Å². The van der Waals surface area contributed by atoms with Gasteiger partial charge in [0.1, 0.15) is 0 Å². The monoisotopic (exact) mass is 459 g/mol. The van der Waals surface area contributed by atoms with Crippen molar-refractivity contribution in [1.29, 1.82) is 0 Å². The SMILES string of the molecule is CS(=O)(=O)Nc1ccccc1CNC(=O)c1ccc(NS(=O)(=O)c2ccccc2)cc1. The minimum atomic E-state index is -3.72. The zero-order valence-corrected chi connectivity index (χ0v) is 18.2. The molecule has 0 radical (unpaired) electrons. The predicted molar refractivity (Wildman–Crippen MR) is 120 cm³/mol. The molecule has 3 aromatic carbocycles. The van der Waals surface area contributed by atoms with Crippen LogP contribution >= 0.6 is 0 Å². The third kappa shape index (κ3) is 6.30. The Morgan fingerprint density at radius 2 is 1.39 bits per heavy atom. The summed E-state index contributed by atoms with van der Waals surface area (Å²) in [6.45, 7) is 0.111. The summed E-state index contributed by atoms with van der Waals surface area (Å²) in [5.74, 6) is -0.383. The van der Waals surface area contributed by atoms with E-state index in [1.807, 2.05) is 0 Å². The molecule has 0 aliphatic heterocycles. The Labute approximate surface area is 181 Å². The summed E-state index contributed by atoms with van der Waals surface area (Å²) in [6.07, 6.45) is 1.05. The van der Waals surface area contributed by atoms with Crippen LogP contribution < -0.4 is 14.8 Å². The van der Waals surface area contributed by atoms with E-state index in [1.54, 1.807) is 42.5 Å². The van der Waals surface area contributed by atoms with Crippen LogP contribution in [0.4, 0.5) is 11.4 Å². The van der Waals surface area contributed by atoms with E-state index in [2.05, 4.69) is 14.8 Å². The van der Waals surface area contributed by atoms with Crippen molar-refractivity contribution >= 4 is 37.3 Å². The lowest BCUT2D eigenvalue weighted by molar-refractivity contribution is 0.0951. The van der Waals surface area contributed by atoms with Crippen LogP contribution in [0.2, 0.25) is 0 Å². The molecule has 0 saturated heterocycles. The fourth-order valence-electron chi connectivity index (χ4n) is 2.75. The number of nitrogens with one attached hydrogen (secondary N) is 3. The van der Waals surface area contributed by atoms with Crippen LogP contribution in [0, 0.1) is 0 Å². The molecule has 31 heavy (non-hydrogen) atoms. The van der Waals surface area contributed by atoms with E-state index in [4.69, 9.17) is 0 Å². The molecule has 10 heteroatoms. The number of amides is 1. The van der Waals surface area contributed by atoms with Crippen LogP contribution in [0.3, 0.4) is 0 Å². The molecule has 8 nitrogen and oxygen atoms in total. The summed E-state index contributed by atoms with van der Waals surface area (Å²) < 4.78 is 52.6. The van der Waals surface area contributed by atoms with Gasteiger partial charge in [0.2, 0.25) is 10.0 Å². The molecule has 3 rings (SSSR count). The van der Waals surface area contributed by atoms with Gasteiger partial charge in [0.15, 0.2) is 0 Å². The molecule has 162 valence electrons. The van der Waals surface area contributed by atoms with Crippen LogP contribution in [-0.4, -0.2) is 29.0 Å². The average molecular weight is 460 g/mol. The van der Waals surface area contributed by atoms with Crippen LogP contribution in [0.1, 0.15) is 15.9 Å². The van der Waals surface area contributed by atoms with Gasteiger partial charge in [0.05, 0.1) is 16.8 Å². The molecule has 1 amide bonds. The number of hydrogen-bond acceptors (Lipinski definition) is 5. The third-order valence-electron chi connectivity index (χ3n) is 4.20. The maximum absolute atomic E-state index is 12.4. The highest BCUT2D eigenvalue weighted by Crippen LogP contribution is 2.18. The molecule has 0 bridgehead atoms. The van der Waals surface area contributed by atoms with Gasteiger partial charge in [0, 0.05) is 17.8 Å². The lowest BCUT2D eigenvalue weighted by Gasteiger charge is -2.12. The van der Waals surface area contributed by atoms with Gasteiger partial charge in [-0.2, -0.15) is 0 Å². The maximum atomic E-state index is 12.4. The lowest BCUT2D eigenvalue weighted by Crippen LogP contribution is -2.23. The largest absolute Gasteiger partial charge is 0.348 e. The Bertz CT molecular complexity index is 1270. The number of carbonyl (C=O) groups is 1. The first-order valence-corrected chi connectivity index (χ1v) is 12.5. The normalized spacial score (nSPS) is 11.5. The number of para-hydroxylation sites is 1. The van der Waals surface area contributed by atoms with Crippen molar-refractivity contribution in [3.05, 3.63) is 90.0 Å². The molecular weight excluding hydrogens is 438 g/mol. The number of hydrogen-bond donors (Lipinski definition) is 3. The molecule has 3 aromatic rings. The second kappa shape index (κ2) is 9.19. The number of carbonyl (C=O) groups excluding carboxylic acids is 1. The summed E-state index contributed by atoms with van der Waals surface area (Å²) in [5.41, 5.74) is 1.64. The number of anilines is 2. The summed E-state index contributed by atoms with van der Waals surface area (Å²) in [6, 6.07) is 20.7. The van der Waals surface area contributed by atoms with E-state index in [-0.39, 0.29) is 17.3 Å². The standard InChI is InChI=1S/C21H21N3O5S2/c1-30(26,27)24-20-10-6-5-7-17(20)15-22-21(25)16-11-13-18(14-12-16)23-31(28,29)19-8-3-2-4-9-19/h2-14,23-24H,15H2,1H3,(H,22,25). The zero-order valence-electron chi connectivity index (χ0n) is 16.6. The predicted octanol–water partition coefficient (Wildman–Crippen LogP) is 2.79. The molecule has 0 atom stereocenters. The van der Waals surface area contributed by atoms with Gasteiger partial charge in [0.25, 0.3) is 15.9 Å². The van der Waals surface area contributed by atoms with E-state index in [9.17, 15) is 21.6 Å². The molecular formula is C21H21N3O5S2. The third-order valence-corrected chi connectivity index (χ3v) is 6.19. The van der Waals surface area contributed by atoms with Crippen molar-refractivity contribution in [1.82, 2.24) is 5.32 Å². The Morgan fingerprint density at radius 1 is 0.774 bits per heavy atom. The second-order valence-electron chi connectivity index (χ2n) is 6.71. The summed E-state index contributed by atoms with van der Waals surface area (Å²) >= 11 is 0. The molecule has 0 heterocycles. The first-order valence-electron chi connectivity index (χ1n) is 9.16. The van der Waals surface area contributed by atoms with Gasteiger partial charge in [-0.15, -0.1) is 0 Å². The van der Waals surface area contributed by atoms with Crippen molar-refractivity contribution in [3.63, 3.8) is 0 Å². The van der Waals surface area contributed by atoms with Crippen molar-refractivity contribution in [3.8, 4) is 0 Å². The Hall–Kier alpha value is -3.37. The number of rotatable bonds is 8. The molecule has 0 spiro atoms. The van der Waals surface area contributed by atoms with Crippen molar-refractivity contribution < 1.29 is 21.6 Å². The smallest absolute Gasteiger partial charge is 0.261 e. The molecule has 3 N–H and O–H groups in total. The van der Waals surface area contributed by atoms with Gasteiger partial charge in [-0.05, 0) is 48.0 Å². The minimum Gasteiger partial charge on any atom is -0.348 e. The maximum Gasteiger partial charge on any atom is 0.261 e. The fourth-order valence-corrected chi connectivity index (χ4v) is 4.43. The molecule has 0 aromatic heterocycles. The van der Waals surface area contributed by atoms with Gasteiger partial charge in [-0.1, -0.05) is 36.4 Å². The first-order chi connectivity index (χ1) is 14.6. The topological polar surface area (TPSA) is 121 Å². The summed E-state index contributed by atoms with van der Waals surface area (Å²) in [5, 5.41) is 2.72. The van der Waals surface area contributed by atoms with Crippen LogP contribution in [-0.2, 0) is 26.6 Å². The first kappa shape index (κ1) is 22.3. The van der Waals surface area contributed by atoms with Gasteiger partial charge in [-0.3, -0.25) is 14.2 Å². The van der Waals surface area contributed by atoms with Crippen molar-refractivity contribution in [2.75, 3.05) is 15.7 Å². The van der Waals surface area contributed by atoms with E-state index in [0.717, 1.165) is 6.26 Å². The van der Waals surface area contributed by atoms with Crippen LogP contribution in [0.25, 0.3) is 0 Å². The minimum absolute atomic E-state index is 0.111. The lowest BCUT2D eigenvalue weighted by atomic mass is 10.1. The van der Waals surface area contributed by atoms with Gasteiger partial charge in [-0.25, -0.2) is 16.8 Å². The Kier molecular flexibility index (Phi) is 6.62. The fraction of sp³-hybridized carbons (Fsp3) is 0.0952. The highest BCUT2D eigenvalue weighted by molar-refractivity contribution is 7.92. The molecule has 0 aliphatic carbocycles. The highest BCUT2D eigenvalue weighted by Gasteiger charge is 2.14. The number of benzene rings is 3. The molecule has 0 saturated carbocycles. The van der Waals surface area contributed by atoms with Crippen molar-refractivity contribution in [2.24, 2.45) is 0 Å². The quantitative estimate of drug-likeness (QED) is 0.478. The van der Waals surface area contributed by atoms with Crippen LogP contribution in [0.15, 0.2) is 83.8 Å². The summed E-state index contributed by atoms with van der Waals surface area (Å²) in [7, 11) is -7.17. The summed E-state index contributed by atoms with van der Waals surface area (Å²) in [4.78, 5) is 12.6. The van der Waals surface area contributed by atoms with Gasteiger partial charge >= 0.3 is 0 Å². The second-order valence-corrected chi connectivity index (χ2v) is 10.1. The van der Waals surface area contributed by atoms with E-state index < -0.39 is 20.0 Å². The molecule has 0 fully saturated rings. The molecule has 0 unspecified atom stereocenters. The molecule has 0 aliphatic rings. The van der Waals surface area contributed by atoms with E-state index in [1.165, 1.54) is 36.4 Å². The van der Waals surface area contributed by atoms with Crippen molar-refractivity contribution in [2.45, 2.75) is 11.4 Å². The van der Waals surface area contributed by atoms with E-state index >= 15 is 0 Å². The van der Waals surface area contributed by atoms with E-state index in [0.29, 0.717) is 22.5 Å². The Morgan fingerprint density at radius 3 is 2.03 bits per heavy atom. The highest BCUT2D eigenvalue weighted by atomic mass is 32.2. The van der Waals surface area contributed by atoms with Crippen LogP contribution in [0.5, 0.6) is 0 Å².